The molecule has 27 heavy (non-hydrogen) atoms. The van der Waals surface area contributed by atoms with Crippen molar-refractivity contribution in [2.45, 2.75) is 38.7 Å². The summed E-state index contributed by atoms with van der Waals surface area (Å²) in [4.78, 5) is 29.3. The quantitative estimate of drug-likeness (QED) is 0.833. The van der Waals surface area contributed by atoms with E-state index < -0.39 is 6.10 Å². The van der Waals surface area contributed by atoms with Crippen LogP contribution in [0.4, 0.5) is 11.4 Å². The van der Waals surface area contributed by atoms with Crippen molar-refractivity contribution in [3.05, 3.63) is 54.1 Å². The number of carbonyl (C=O) groups is 2. The number of amides is 2. The smallest absolute Gasteiger partial charge is 0.268 e. The Morgan fingerprint density at radius 2 is 1.85 bits per heavy atom. The first-order valence-corrected chi connectivity index (χ1v) is 9.64. The zero-order valence-corrected chi connectivity index (χ0v) is 15.6. The predicted octanol–water partition coefficient (Wildman–Crippen LogP) is 3.56. The molecule has 4 rings (SSSR count). The molecule has 0 radical (unpaired) electrons. The van der Waals surface area contributed by atoms with Gasteiger partial charge in [-0.3, -0.25) is 9.59 Å². The number of benzene rings is 2. The van der Waals surface area contributed by atoms with E-state index in [9.17, 15) is 9.59 Å². The average Bonchev–Trinajstić information content (AvgIpc) is 2.72. The molecule has 0 saturated carbocycles. The molecule has 5 heteroatoms. The Labute approximate surface area is 159 Å². The van der Waals surface area contributed by atoms with Crippen LogP contribution in [0.2, 0.25) is 0 Å². The van der Waals surface area contributed by atoms with Crippen LogP contribution in [0.3, 0.4) is 0 Å². The summed E-state index contributed by atoms with van der Waals surface area (Å²) in [5, 5.41) is 0. The maximum absolute atomic E-state index is 12.9. The summed E-state index contributed by atoms with van der Waals surface area (Å²) >= 11 is 0. The molecule has 2 aliphatic rings. The van der Waals surface area contributed by atoms with E-state index in [4.69, 9.17) is 4.74 Å². The van der Waals surface area contributed by atoms with Crippen molar-refractivity contribution >= 4 is 23.2 Å². The number of rotatable bonds is 4. The molecular weight excluding hydrogens is 340 g/mol. The molecule has 0 aromatic heterocycles. The molecule has 0 aliphatic carbocycles. The number of hydrogen-bond donors (Lipinski definition) is 0. The number of anilines is 2. The largest absolute Gasteiger partial charge is 0.478 e. The summed E-state index contributed by atoms with van der Waals surface area (Å²) in [6.45, 7) is 3.04. The van der Waals surface area contributed by atoms with Gasteiger partial charge in [-0.05, 0) is 43.0 Å². The van der Waals surface area contributed by atoms with E-state index in [2.05, 4.69) is 6.07 Å². The van der Waals surface area contributed by atoms with Crippen LogP contribution in [0.1, 0.15) is 31.7 Å². The Hall–Kier alpha value is -2.82. The van der Waals surface area contributed by atoms with Gasteiger partial charge < -0.3 is 14.5 Å². The molecule has 0 spiro atoms. The van der Waals surface area contributed by atoms with Crippen molar-refractivity contribution in [1.29, 1.82) is 0 Å². The number of ether oxygens (including phenoxy) is 1. The minimum Gasteiger partial charge on any atom is -0.478 e. The van der Waals surface area contributed by atoms with Crippen molar-refractivity contribution in [2.75, 3.05) is 22.9 Å². The van der Waals surface area contributed by atoms with Crippen molar-refractivity contribution in [3.63, 3.8) is 0 Å². The average molecular weight is 364 g/mol. The lowest BCUT2D eigenvalue weighted by Gasteiger charge is -2.35. The summed E-state index contributed by atoms with van der Waals surface area (Å²) in [6.07, 6.45) is 2.40. The van der Waals surface area contributed by atoms with E-state index >= 15 is 0 Å². The first-order chi connectivity index (χ1) is 13.2. The van der Waals surface area contributed by atoms with Crippen LogP contribution < -0.4 is 14.5 Å². The van der Waals surface area contributed by atoms with E-state index in [1.54, 1.807) is 4.90 Å². The SMILES string of the molecule is CCC1Oc2ccccc2N(CCC(=O)N2CCCc3ccccc32)C1=O. The summed E-state index contributed by atoms with van der Waals surface area (Å²) in [6, 6.07) is 15.6. The van der Waals surface area contributed by atoms with Gasteiger partial charge in [0.05, 0.1) is 5.69 Å². The third-order valence-corrected chi connectivity index (χ3v) is 5.30. The van der Waals surface area contributed by atoms with Gasteiger partial charge in [0.2, 0.25) is 5.91 Å². The predicted molar refractivity (Wildman–Crippen MR) is 105 cm³/mol. The van der Waals surface area contributed by atoms with Crippen molar-refractivity contribution in [1.82, 2.24) is 0 Å². The number of para-hydroxylation sites is 3. The fourth-order valence-electron chi connectivity index (χ4n) is 3.90. The maximum Gasteiger partial charge on any atom is 0.268 e. The fourth-order valence-corrected chi connectivity index (χ4v) is 3.90. The molecule has 2 amide bonds. The Balaban J connectivity index is 1.52. The molecule has 2 aliphatic heterocycles. The van der Waals surface area contributed by atoms with E-state index in [1.807, 2.05) is 54.3 Å². The number of aryl methyl sites for hydroxylation is 1. The highest BCUT2D eigenvalue weighted by atomic mass is 16.5. The van der Waals surface area contributed by atoms with Gasteiger partial charge >= 0.3 is 0 Å². The lowest BCUT2D eigenvalue weighted by molar-refractivity contribution is -0.126. The van der Waals surface area contributed by atoms with Crippen LogP contribution in [-0.4, -0.2) is 31.0 Å². The molecule has 5 nitrogen and oxygen atoms in total. The van der Waals surface area contributed by atoms with Gasteiger partial charge in [0.25, 0.3) is 5.91 Å². The van der Waals surface area contributed by atoms with Crippen LogP contribution in [0.5, 0.6) is 5.75 Å². The highest BCUT2D eigenvalue weighted by Crippen LogP contribution is 2.35. The molecule has 0 bridgehead atoms. The molecular formula is C22H24N2O3. The minimum atomic E-state index is -0.481. The summed E-state index contributed by atoms with van der Waals surface area (Å²) in [5.41, 5.74) is 2.98. The van der Waals surface area contributed by atoms with Gasteiger partial charge in [0.15, 0.2) is 6.10 Å². The molecule has 0 fully saturated rings. The molecule has 2 aromatic rings. The molecule has 2 aromatic carbocycles. The highest BCUT2D eigenvalue weighted by molar-refractivity contribution is 6.01. The lowest BCUT2D eigenvalue weighted by Crippen LogP contribution is -2.47. The highest BCUT2D eigenvalue weighted by Gasteiger charge is 2.33. The van der Waals surface area contributed by atoms with Gasteiger partial charge in [-0.1, -0.05) is 37.3 Å². The summed E-state index contributed by atoms with van der Waals surface area (Å²) in [7, 11) is 0. The van der Waals surface area contributed by atoms with Gasteiger partial charge in [-0.25, -0.2) is 0 Å². The van der Waals surface area contributed by atoms with Crippen molar-refractivity contribution < 1.29 is 14.3 Å². The Kier molecular flexibility index (Phi) is 4.84. The van der Waals surface area contributed by atoms with Gasteiger partial charge in [0.1, 0.15) is 5.75 Å². The number of nitrogens with zero attached hydrogens (tertiary/aromatic N) is 2. The normalized spacial score (nSPS) is 18.6. The third kappa shape index (κ3) is 3.29. The van der Waals surface area contributed by atoms with E-state index in [0.29, 0.717) is 25.1 Å². The van der Waals surface area contributed by atoms with Crippen molar-refractivity contribution in [2.24, 2.45) is 0 Å². The zero-order chi connectivity index (χ0) is 18.8. The number of carbonyl (C=O) groups excluding carboxylic acids is 2. The third-order valence-electron chi connectivity index (χ3n) is 5.30. The first-order valence-electron chi connectivity index (χ1n) is 9.64. The Bertz CT molecular complexity index is 864. The second-order valence-corrected chi connectivity index (χ2v) is 7.00. The van der Waals surface area contributed by atoms with Gasteiger partial charge in [0, 0.05) is 25.2 Å². The molecule has 1 unspecified atom stereocenters. The van der Waals surface area contributed by atoms with Gasteiger partial charge in [-0.15, -0.1) is 0 Å². The minimum absolute atomic E-state index is 0.0620. The summed E-state index contributed by atoms with van der Waals surface area (Å²) in [5.74, 6) is 0.703. The van der Waals surface area contributed by atoms with E-state index in [-0.39, 0.29) is 11.8 Å². The zero-order valence-electron chi connectivity index (χ0n) is 15.6. The molecule has 140 valence electrons. The molecule has 0 N–H and O–H groups in total. The second kappa shape index (κ2) is 7.43. The maximum atomic E-state index is 12.9. The van der Waals surface area contributed by atoms with Crippen molar-refractivity contribution in [3.8, 4) is 5.75 Å². The number of fused-ring (bicyclic) bond motifs is 2. The Morgan fingerprint density at radius 3 is 2.67 bits per heavy atom. The molecule has 0 saturated heterocycles. The number of hydrogen-bond acceptors (Lipinski definition) is 3. The molecule has 1 atom stereocenters. The summed E-state index contributed by atoms with van der Waals surface area (Å²) < 4.78 is 5.81. The Morgan fingerprint density at radius 1 is 1.11 bits per heavy atom. The monoisotopic (exact) mass is 364 g/mol. The van der Waals surface area contributed by atoms with Crippen LogP contribution in [0.15, 0.2) is 48.5 Å². The van der Waals surface area contributed by atoms with Crippen LogP contribution in [0.25, 0.3) is 0 Å². The lowest BCUT2D eigenvalue weighted by atomic mass is 10.0. The first kappa shape index (κ1) is 17.6. The van der Waals surface area contributed by atoms with Crippen LogP contribution in [0, 0.1) is 0 Å². The van der Waals surface area contributed by atoms with Crippen LogP contribution in [-0.2, 0) is 16.0 Å². The van der Waals surface area contributed by atoms with Crippen LogP contribution >= 0.6 is 0 Å². The second-order valence-electron chi connectivity index (χ2n) is 7.00. The van der Waals surface area contributed by atoms with E-state index in [1.165, 1.54) is 5.56 Å². The van der Waals surface area contributed by atoms with E-state index in [0.717, 1.165) is 30.8 Å². The van der Waals surface area contributed by atoms with Gasteiger partial charge in [-0.2, -0.15) is 0 Å². The fraction of sp³-hybridized carbons (Fsp3) is 0.364. The standard InChI is InChI=1S/C22H24N2O3/c1-2-19-22(26)24(18-11-5-6-12-20(18)27-19)15-13-21(25)23-14-7-9-16-8-3-4-10-17(16)23/h3-6,8,10-12,19H,2,7,9,13-15H2,1H3. The molecule has 2 heterocycles. The topological polar surface area (TPSA) is 49.9 Å².